The Morgan fingerprint density at radius 2 is 1.17 bits per heavy atom. The van der Waals surface area contributed by atoms with E-state index in [9.17, 15) is 0 Å². The van der Waals surface area contributed by atoms with Crippen LogP contribution in [-0.4, -0.2) is 18.3 Å². The van der Waals surface area contributed by atoms with Gasteiger partial charge in [0, 0.05) is 25.5 Å². The van der Waals surface area contributed by atoms with Gasteiger partial charge in [0.15, 0.2) is 0 Å². The van der Waals surface area contributed by atoms with Crippen molar-refractivity contribution in [3.8, 4) is 34.0 Å². The number of aromatic nitrogens is 2. The summed E-state index contributed by atoms with van der Waals surface area (Å²) in [5.41, 5.74) is 18.6. The summed E-state index contributed by atoms with van der Waals surface area (Å²) in [7, 11) is 2.23. The van der Waals surface area contributed by atoms with Crippen LogP contribution in [0.3, 0.4) is 0 Å². The number of nitrogens with zero attached hydrogens (tertiary/aromatic N) is 4. The lowest BCUT2D eigenvalue weighted by molar-refractivity contribution is -0.599. The molecule has 0 radical (unpaired) electrons. The summed E-state index contributed by atoms with van der Waals surface area (Å²) in [6.45, 7) is 29.4. The Balaban J connectivity index is 1.24. The van der Waals surface area contributed by atoms with Gasteiger partial charge in [-0.15, -0.1) is 0 Å². The summed E-state index contributed by atoms with van der Waals surface area (Å²) in [5, 5.41) is 0. The molecule has 63 heavy (non-hydrogen) atoms. The minimum atomic E-state index is -0.595. The number of imidazole rings is 1. The average molecular weight is 831 g/mol. The Kier molecular flexibility index (Phi) is 8.92. The molecule has 1 aromatic heterocycles. The maximum absolute atomic E-state index is 6.90. The number of fused-ring (bicyclic) bond motifs is 9. The van der Waals surface area contributed by atoms with Crippen LogP contribution in [0.1, 0.15) is 128 Å². The van der Waals surface area contributed by atoms with Crippen molar-refractivity contribution in [1.82, 2.24) is 4.57 Å². The van der Waals surface area contributed by atoms with E-state index in [-0.39, 0.29) is 21.7 Å². The van der Waals surface area contributed by atoms with Gasteiger partial charge >= 0.3 is 0 Å². The van der Waals surface area contributed by atoms with E-state index < -0.39 is 5.41 Å². The third kappa shape index (κ3) is 6.36. The molecule has 1 spiro atoms. The molecule has 5 heteroatoms. The number of anilines is 3. The number of rotatable bonds is 4. The van der Waals surface area contributed by atoms with Gasteiger partial charge < -0.3 is 14.5 Å². The third-order valence-electron chi connectivity index (χ3n) is 13.7. The molecule has 320 valence electrons. The van der Waals surface area contributed by atoms with Crippen molar-refractivity contribution in [2.45, 2.75) is 110 Å². The highest BCUT2D eigenvalue weighted by atomic mass is 16.5. The zero-order chi connectivity index (χ0) is 44.6. The second-order valence-electron chi connectivity index (χ2n) is 22.3. The largest absolute Gasteiger partial charge is 0.458 e. The SMILES string of the molecule is CN1CN2c3cc(Oc4cccc(-n5[c-][n+](-c6ccccc6)cc5)c4)ccc3C3(c4cccc1c42)c1c(cc(C(C)(C)C)cc1C(C)(C)C)-c1cc(C(C)(C)C)cc(C(C)(C)C)c13. The zero-order valence-corrected chi connectivity index (χ0v) is 39.5. The number of hydrogen-bond donors (Lipinski definition) is 0. The van der Waals surface area contributed by atoms with E-state index in [2.05, 4.69) is 197 Å². The minimum absolute atomic E-state index is 0.0383. The summed E-state index contributed by atoms with van der Waals surface area (Å²) in [6.07, 6.45) is 7.54. The Morgan fingerprint density at radius 1 is 0.571 bits per heavy atom. The summed E-state index contributed by atoms with van der Waals surface area (Å²) in [4.78, 5) is 4.95. The molecular formula is C58H62N4O. The van der Waals surface area contributed by atoms with E-state index in [1.807, 2.05) is 45.8 Å². The summed E-state index contributed by atoms with van der Waals surface area (Å²) in [5.74, 6) is 1.58. The predicted molar refractivity (Wildman–Crippen MR) is 260 cm³/mol. The van der Waals surface area contributed by atoms with Crippen molar-refractivity contribution in [2.24, 2.45) is 0 Å². The Morgan fingerprint density at radius 3 is 1.78 bits per heavy atom. The molecule has 5 nitrogen and oxygen atoms in total. The van der Waals surface area contributed by atoms with Crippen LogP contribution < -0.4 is 19.1 Å². The topological polar surface area (TPSA) is 24.5 Å². The van der Waals surface area contributed by atoms with Crippen LogP contribution in [0, 0.1) is 6.33 Å². The molecule has 2 aliphatic heterocycles. The molecule has 0 amide bonds. The molecule has 3 heterocycles. The lowest BCUT2D eigenvalue weighted by Crippen LogP contribution is -2.40. The molecular weight excluding hydrogens is 769 g/mol. The number of benzene rings is 6. The second kappa shape index (κ2) is 13.7. The normalized spacial score (nSPS) is 15.1. The molecule has 0 fully saturated rings. The van der Waals surface area contributed by atoms with Gasteiger partial charge in [-0.05, 0) is 120 Å². The smallest absolute Gasteiger partial charge is 0.268 e. The van der Waals surface area contributed by atoms with Gasteiger partial charge in [0.2, 0.25) is 0 Å². The van der Waals surface area contributed by atoms with E-state index in [4.69, 9.17) is 4.74 Å². The molecule has 0 atom stereocenters. The number of hydrogen-bond acceptors (Lipinski definition) is 3. The Labute approximate surface area is 375 Å². The van der Waals surface area contributed by atoms with Gasteiger partial charge in [0.1, 0.15) is 11.5 Å². The van der Waals surface area contributed by atoms with Gasteiger partial charge in [0.05, 0.1) is 40.5 Å². The van der Waals surface area contributed by atoms with Crippen LogP contribution in [0.4, 0.5) is 17.1 Å². The maximum Gasteiger partial charge on any atom is 0.268 e. The zero-order valence-electron chi connectivity index (χ0n) is 39.5. The average Bonchev–Trinajstić information content (AvgIpc) is 3.93. The van der Waals surface area contributed by atoms with E-state index in [0.717, 1.165) is 29.5 Å². The summed E-state index contributed by atoms with van der Waals surface area (Å²) in [6, 6.07) is 42.8. The second-order valence-corrected chi connectivity index (χ2v) is 22.3. The lowest BCUT2D eigenvalue weighted by Gasteiger charge is -2.46. The van der Waals surface area contributed by atoms with Crippen molar-refractivity contribution >= 4 is 17.1 Å². The molecule has 0 saturated heterocycles. The Hall–Kier alpha value is -6.07. The first-order valence-electron chi connectivity index (χ1n) is 22.7. The highest BCUT2D eigenvalue weighted by Crippen LogP contribution is 2.68. The molecule has 0 saturated carbocycles. The van der Waals surface area contributed by atoms with Crippen LogP contribution in [0.5, 0.6) is 11.5 Å². The monoisotopic (exact) mass is 830 g/mol. The molecule has 7 aromatic rings. The van der Waals surface area contributed by atoms with Gasteiger partial charge in [-0.2, -0.15) is 0 Å². The molecule has 0 unspecified atom stereocenters. The van der Waals surface area contributed by atoms with Crippen LogP contribution in [-0.2, 0) is 27.1 Å². The molecule has 10 rings (SSSR count). The molecule has 0 N–H and O–H groups in total. The highest BCUT2D eigenvalue weighted by Gasteiger charge is 2.57. The van der Waals surface area contributed by atoms with E-state index in [1.54, 1.807) is 0 Å². The van der Waals surface area contributed by atoms with Gasteiger partial charge in [-0.25, -0.2) is 0 Å². The van der Waals surface area contributed by atoms with Gasteiger partial charge in [0.25, 0.3) is 6.33 Å². The third-order valence-corrected chi connectivity index (χ3v) is 13.7. The molecule has 0 bridgehead atoms. The van der Waals surface area contributed by atoms with E-state index in [1.165, 1.54) is 72.7 Å². The van der Waals surface area contributed by atoms with Crippen LogP contribution in [0.15, 0.2) is 128 Å². The first kappa shape index (κ1) is 41.0. The van der Waals surface area contributed by atoms with Crippen LogP contribution in [0.25, 0.3) is 22.5 Å². The van der Waals surface area contributed by atoms with Crippen molar-refractivity contribution in [2.75, 3.05) is 23.5 Å². The fourth-order valence-corrected chi connectivity index (χ4v) is 10.5. The first-order valence-corrected chi connectivity index (χ1v) is 22.7. The minimum Gasteiger partial charge on any atom is -0.458 e. The van der Waals surface area contributed by atoms with Crippen molar-refractivity contribution in [3.05, 3.63) is 178 Å². The maximum atomic E-state index is 6.90. The van der Waals surface area contributed by atoms with Crippen molar-refractivity contribution < 1.29 is 9.30 Å². The standard InChI is InChI=1S/C58H62N4O/c1-54(2,3)37-29-43-44-30-38(55(4,5)6)32-48(57(10,11)12)52(44)58(51(43)47(31-37)56(7,8)9)45-26-25-42(34-50(45)62-35-59(13)49-24-18-23-46(58)53(49)62)63-41-22-17-21-40(33-41)61-28-27-60(36-61)39-19-15-14-16-20-39/h14-34H,35H2,1-13H3. The Bertz CT molecular complexity index is 2880. The van der Waals surface area contributed by atoms with Crippen molar-refractivity contribution in [1.29, 1.82) is 0 Å². The number of ether oxygens (including phenoxy) is 1. The van der Waals surface area contributed by atoms with Crippen molar-refractivity contribution in [3.63, 3.8) is 0 Å². The number of para-hydroxylation sites is 2. The fraction of sp³-hybridized carbons (Fsp3) is 0.328. The van der Waals surface area contributed by atoms with Crippen LogP contribution in [0.2, 0.25) is 0 Å². The summed E-state index contributed by atoms with van der Waals surface area (Å²) >= 11 is 0. The van der Waals surface area contributed by atoms with Gasteiger partial charge in [-0.1, -0.05) is 150 Å². The lowest BCUT2D eigenvalue weighted by atomic mass is 9.59. The molecule has 3 aliphatic rings. The van der Waals surface area contributed by atoms with Crippen LogP contribution >= 0.6 is 0 Å². The fourth-order valence-electron chi connectivity index (χ4n) is 10.5. The predicted octanol–water partition coefficient (Wildman–Crippen LogP) is 13.8. The first-order chi connectivity index (χ1) is 29.7. The van der Waals surface area contributed by atoms with Gasteiger partial charge in [-0.3, -0.25) is 9.13 Å². The highest BCUT2D eigenvalue weighted by molar-refractivity contribution is 6.00. The molecule has 1 aliphatic carbocycles. The quantitative estimate of drug-likeness (QED) is 0.130. The summed E-state index contributed by atoms with van der Waals surface area (Å²) < 4.78 is 10.9. The molecule has 6 aromatic carbocycles. The van der Waals surface area contributed by atoms with E-state index in [0.29, 0.717) is 0 Å². The van der Waals surface area contributed by atoms with E-state index >= 15 is 0 Å².